The minimum atomic E-state index is -0.802. The quantitative estimate of drug-likeness (QED) is 0.633. The molecule has 0 saturated carbocycles. The van der Waals surface area contributed by atoms with E-state index < -0.39 is 11.6 Å². The van der Waals surface area contributed by atoms with Crippen molar-refractivity contribution in [2.45, 2.75) is 26.6 Å². The lowest BCUT2D eigenvalue weighted by Crippen LogP contribution is -2.26. The molecule has 6 nitrogen and oxygen atoms in total. The van der Waals surface area contributed by atoms with Gasteiger partial charge in [-0.15, -0.1) is 0 Å². The molecule has 27 heavy (non-hydrogen) atoms. The highest BCUT2D eigenvalue weighted by atomic mass is 19.1. The Bertz CT molecular complexity index is 936. The molecule has 2 aromatic heterocycles. The van der Waals surface area contributed by atoms with Gasteiger partial charge in [0.15, 0.2) is 17.3 Å². The van der Waals surface area contributed by atoms with Crippen LogP contribution in [-0.4, -0.2) is 27.6 Å². The first-order valence-electron chi connectivity index (χ1n) is 8.40. The molecule has 0 fully saturated rings. The molecular formula is C19H19F2N3O3. The maximum absolute atomic E-state index is 13.6. The lowest BCUT2D eigenvalue weighted by molar-refractivity contribution is 0.0747. The van der Waals surface area contributed by atoms with Crippen molar-refractivity contribution in [3.63, 3.8) is 0 Å². The molecule has 3 rings (SSSR count). The third kappa shape index (κ3) is 4.52. The summed E-state index contributed by atoms with van der Waals surface area (Å²) in [7, 11) is 1.65. The zero-order valence-electron chi connectivity index (χ0n) is 15.0. The maximum Gasteiger partial charge on any atom is 0.289 e. The van der Waals surface area contributed by atoms with Gasteiger partial charge in [0.25, 0.3) is 5.91 Å². The van der Waals surface area contributed by atoms with Crippen LogP contribution in [0.3, 0.4) is 0 Å². The van der Waals surface area contributed by atoms with Crippen molar-refractivity contribution < 1.29 is 22.7 Å². The van der Waals surface area contributed by atoms with Crippen molar-refractivity contribution in [3.05, 3.63) is 71.4 Å². The molecule has 2 heterocycles. The normalized spacial score (nSPS) is 10.8. The van der Waals surface area contributed by atoms with Gasteiger partial charge in [-0.25, -0.2) is 8.78 Å². The molecule has 0 N–H and O–H groups in total. The summed E-state index contributed by atoms with van der Waals surface area (Å²) in [5, 5.41) is 4.34. The van der Waals surface area contributed by atoms with Crippen molar-refractivity contribution in [2.24, 2.45) is 0 Å². The number of carbonyl (C=O) groups is 1. The average Bonchev–Trinajstić information content (AvgIpc) is 3.29. The molecule has 0 bridgehead atoms. The number of amides is 1. The first kappa shape index (κ1) is 18.6. The number of aromatic nitrogens is 2. The fourth-order valence-electron chi connectivity index (χ4n) is 2.48. The van der Waals surface area contributed by atoms with Gasteiger partial charge in [-0.2, -0.15) is 5.10 Å². The zero-order chi connectivity index (χ0) is 19.4. The number of ether oxygens (including phenoxy) is 1. The Hall–Kier alpha value is -3.16. The molecule has 142 valence electrons. The third-order valence-electron chi connectivity index (χ3n) is 3.90. The Kier molecular flexibility index (Phi) is 5.54. The summed E-state index contributed by atoms with van der Waals surface area (Å²) in [6, 6.07) is 8.00. The smallest absolute Gasteiger partial charge is 0.289 e. The van der Waals surface area contributed by atoms with Gasteiger partial charge in [-0.1, -0.05) is 0 Å². The molecule has 0 aliphatic heterocycles. The van der Waals surface area contributed by atoms with Gasteiger partial charge in [0.2, 0.25) is 0 Å². The van der Waals surface area contributed by atoms with Gasteiger partial charge >= 0.3 is 0 Å². The number of hydrogen-bond donors (Lipinski definition) is 0. The van der Waals surface area contributed by atoms with Gasteiger partial charge in [0.05, 0.1) is 12.2 Å². The van der Waals surface area contributed by atoms with Crippen LogP contribution in [0.2, 0.25) is 0 Å². The molecule has 8 heteroatoms. The minimum absolute atomic E-state index is 0.0829. The number of aryl methyl sites for hydroxylation is 1. The zero-order valence-corrected chi connectivity index (χ0v) is 15.0. The molecule has 1 aromatic carbocycles. The van der Waals surface area contributed by atoms with E-state index in [1.165, 1.54) is 17.0 Å². The number of furan rings is 1. The molecule has 0 aliphatic rings. The van der Waals surface area contributed by atoms with Crippen molar-refractivity contribution >= 4 is 5.91 Å². The SMILES string of the molecule is CCn1ccc(CN(C)C(=O)c2ccc(COc3ccc(F)cc3F)o2)n1. The van der Waals surface area contributed by atoms with E-state index in [1.54, 1.807) is 17.8 Å². The van der Waals surface area contributed by atoms with Gasteiger partial charge in [-0.05, 0) is 37.3 Å². The second-order valence-corrected chi connectivity index (χ2v) is 5.95. The number of benzene rings is 1. The van der Waals surface area contributed by atoms with E-state index in [1.807, 2.05) is 19.2 Å². The molecule has 3 aromatic rings. The van der Waals surface area contributed by atoms with Crippen molar-refractivity contribution in [1.29, 1.82) is 0 Å². The van der Waals surface area contributed by atoms with Gasteiger partial charge in [0, 0.05) is 25.9 Å². The molecule has 0 radical (unpaired) electrons. The molecule has 0 aliphatic carbocycles. The molecule has 1 amide bonds. The number of halogens is 2. The average molecular weight is 375 g/mol. The first-order chi connectivity index (χ1) is 13.0. The monoisotopic (exact) mass is 375 g/mol. The van der Waals surface area contributed by atoms with Crippen LogP contribution in [0.5, 0.6) is 5.75 Å². The lowest BCUT2D eigenvalue weighted by atomic mass is 10.3. The topological polar surface area (TPSA) is 60.5 Å². The van der Waals surface area contributed by atoms with Crippen LogP contribution in [0.4, 0.5) is 8.78 Å². The minimum Gasteiger partial charge on any atom is -0.483 e. The largest absolute Gasteiger partial charge is 0.483 e. The van der Waals surface area contributed by atoms with E-state index >= 15 is 0 Å². The summed E-state index contributed by atoms with van der Waals surface area (Å²) in [4.78, 5) is 14.0. The van der Waals surface area contributed by atoms with Crippen molar-refractivity contribution in [1.82, 2.24) is 14.7 Å². The van der Waals surface area contributed by atoms with Crippen LogP contribution in [0.1, 0.15) is 28.9 Å². The summed E-state index contributed by atoms with van der Waals surface area (Å²) in [6.45, 7) is 3.00. The highest BCUT2D eigenvalue weighted by Crippen LogP contribution is 2.20. The van der Waals surface area contributed by atoms with E-state index in [4.69, 9.17) is 9.15 Å². The van der Waals surface area contributed by atoms with E-state index in [2.05, 4.69) is 5.10 Å². The van der Waals surface area contributed by atoms with E-state index in [0.717, 1.165) is 24.4 Å². The molecular weight excluding hydrogens is 356 g/mol. The Morgan fingerprint density at radius 1 is 1.26 bits per heavy atom. The van der Waals surface area contributed by atoms with Gasteiger partial charge in [0.1, 0.15) is 18.2 Å². The number of carbonyl (C=O) groups excluding carboxylic acids is 1. The number of hydrogen-bond acceptors (Lipinski definition) is 4. The third-order valence-corrected chi connectivity index (χ3v) is 3.90. The molecule has 0 unspecified atom stereocenters. The Morgan fingerprint density at radius 2 is 2.07 bits per heavy atom. The molecule has 0 saturated heterocycles. The van der Waals surface area contributed by atoms with E-state index in [9.17, 15) is 13.6 Å². The Labute approximate surface area is 155 Å². The van der Waals surface area contributed by atoms with Crippen LogP contribution in [0.25, 0.3) is 0 Å². The summed E-state index contributed by atoms with van der Waals surface area (Å²) in [5.41, 5.74) is 0.773. The van der Waals surface area contributed by atoms with Crippen LogP contribution in [0, 0.1) is 11.6 Å². The molecule has 0 atom stereocenters. The number of nitrogens with zero attached hydrogens (tertiary/aromatic N) is 3. The standard InChI is InChI=1S/C19H19F2N3O3/c1-3-24-9-8-14(22-24)11-23(2)19(25)18-7-5-15(27-18)12-26-17-6-4-13(20)10-16(17)21/h4-10H,3,11-12H2,1-2H3. The summed E-state index contributed by atoms with van der Waals surface area (Å²) < 4.78 is 39.0. The van der Waals surface area contributed by atoms with Crippen LogP contribution < -0.4 is 4.74 Å². The lowest BCUT2D eigenvalue weighted by Gasteiger charge is -2.14. The van der Waals surface area contributed by atoms with Crippen molar-refractivity contribution in [2.75, 3.05) is 7.05 Å². The Morgan fingerprint density at radius 3 is 2.78 bits per heavy atom. The highest BCUT2D eigenvalue weighted by molar-refractivity contribution is 5.91. The predicted molar refractivity (Wildman–Crippen MR) is 93.1 cm³/mol. The van der Waals surface area contributed by atoms with Crippen LogP contribution in [0.15, 0.2) is 47.0 Å². The second-order valence-electron chi connectivity index (χ2n) is 5.95. The second kappa shape index (κ2) is 8.03. The fourth-order valence-corrected chi connectivity index (χ4v) is 2.48. The summed E-state index contributed by atoms with van der Waals surface area (Å²) in [6.07, 6.45) is 1.85. The van der Waals surface area contributed by atoms with Crippen LogP contribution in [-0.2, 0) is 19.7 Å². The summed E-state index contributed by atoms with van der Waals surface area (Å²) >= 11 is 0. The van der Waals surface area contributed by atoms with E-state index in [0.29, 0.717) is 12.3 Å². The number of rotatable bonds is 7. The maximum atomic E-state index is 13.6. The fraction of sp³-hybridized carbons (Fsp3) is 0.263. The van der Waals surface area contributed by atoms with Gasteiger partial charge in [-0.3, -0.25) is 9.48 Å². The van der Waals surface area contributed by atoms with Crippen LogP contribution >= 0.6 is 0 Å². The van der Waals surface area contributed by atoms with Gasteiger partial charge < -0.3 is 14.1 Å². The molecule has 0 spiro atoms. The van der Waals surface area contributed by atoms with Crippen molar-refractivity contribution in [3.8, 4) is 5.75 Å². The Balaban J connectivity index is 1.59. The highest BCUT2D eigenvalue weighted by Gasteiger charge is 2.17. The predicted octanol–water partition coefficient (Wildman–Crippen LogP) is 3.63. The summed E-state index contributed by atoms with van der Waals surface area (Å²) in [5.74, 6) is -1.39. The first-order valence-corrected chi connectivity index (χ1v) is 8.40. The van der Waals surface area contributed by atoms with E-state index in [-0.39, 0.29) is 24.0 Å².